The van der Waals surface area contributed by atoms with Crippen LogP contribution in [0.3, 0.4) is 0 Å². The fraction of sp³-hybridized carbons (Fsp3) is 0.650. The predicted octanol–water partition coefficient (Wildman–Crippen LogP) is 1.95. The highest BCUT2D eigenvalue weighted by Gasteiger charge is 2.43. The number of hydrogen-bond donors (Lipinski definition) is 1. The van der Waals surface area contributed by atoms with Crippen LogP contribution in [-0.4, -0.2) is 51.9 Å². The van der Waals surface area contributed by atoms with Gasteiger partial charge in [-0.25, -0.2) is 9.59 Å². The SMILES string of the molecule is C=C(C)C(=O)OCC(CCCCCC)(COC(=O)C(=C)C)C(=O)OCCS(=O)(=O)ON. The number of ether oxygens (including phenoxy) is 3. The summed E-state index contributed by atoms with van der Waals surface area (Å²) in [6.45, 7) is 10.5. The molecule has 0 spiro atoms. The zero-order valence-electron chi connectivity index (χ0n) is 18.4. The van der Waals surface area contributed by atoms with E-state index in [1.807, 2.05) is 6.92 Å². The van der Waals surface area contributed by atoms with Gasteiger partial charge in [0, 0.05) is 11.1 Å². The Bertz CT molecular complexity index is 729. The van der Waals surface area contributed by atoms with Gasteiger partial charge in [0.05, 0.1) is 0 Å². The Morgan fingerprint density at radius 2 is 1.42 bits per heavy atom. The third kappa shape index (κ3) is 11.1. The predicted molar refractivity (Wildman–Crippen MR) is 113 cm³/mol. The van der Waals surface area contributed by atoms with Crippen molar-refractivity contribution in [3.63, 3.8) is 0 Å². The average Bonchev–Trinajstić information content (AvgIpc) is 2.71. The molecule has 0 heterocycles. The molecule has 0 amide bonds. The van der Waals surface area contributed by atoms with Crippen molar-refractivity contribution in [2.24, 2.45) is 11.3 Å². The molecule has 0 radical (unpaired) electrons. The van der Waals surface area contributed by atoms with E-state index in [-0.39, 0.29) is 17.6 Å². The summed E-state index contributed by atoms with van der Waals surface area (Å²) in [6, 6.07) is 0. The molecule has 0 saturated carbocycles. The molecule has 0 aliphatic heterocycles. The Morgan fingerprint density at radius 1 is 0.903 bits per heavy atom. The number of rotatable bonds is 16. The van der Waals surface area contributed by atoms with Gasteiger partial charge >= 0.3 is 17.9 Å². The minimum absolute atomic E-state index is 0.123. The molecule has 0 saturated heterocycles. The van der Waals surface area contributed by atoms with Gasteiger partial charge in [-0.3, -0.25) is 4.79 Å². The first kappa shape index (κ1) is 28.8. The van der Waals surface area contributed by atoms with Crippen molar-refractivity contribution >= 4 is 28.0 Å². The van der Waals surface area contributed by atoms with Crippen LogP contribution < -0.4 is 5.90 Å². The summed E-state index contributed by atoms with van der Waals surface area (Å²) in [5, 5.41) is 0. The van der Waals surface area contributed by atoms with Crippen molar-refractivity contribution in [1.29, 1.82) is 0 Å². The van der Waals surface area contributed by atoms with Crippen LogP contribution in [0, 0.1) is 5.41 Å². The van der Waals surface area contributed by atoms with Gasteiger partial charge in [-0.1, -0.05) is 45.8 Å². The van der Waals surface area contributed by atoms with Crippen LogP contribution in [0.25, 0.3) is 0 Å². The molecule has 0 fully saturated rings. The van der Waals surface area contributed by atoms with Crippen molar-refractivity contribution in [2.45, 2.75) is 52.9 Å². The van der Waals surface area contributed by atoms with Crippen molar-refractivity contribution in [2.75, 3.05) is 25.6 Å². The first-order chi connectivity index (χ1) is 14.4. The average molecular weight is 464 g/mol. The zero-order valence-corrected chi connectivity index (χ0v) is 19.3. The Hall–Kier alpha value is -2.24. The van der Waals surface area contributed by atoms with E-state index in [2.05, 4.69) is 23.3 Å². The van der Waals surface area contributed by atoms with E-state index in [1.165, 1.54) is 13.8 Å². The molecule has 0 aliphatic carbocycles. The minimum atomic E-state index is -4.05. The van der Waals surface area contributed by atoms with Gasteiger partial charge in [0.1, 0.15) is 31.0 Å². The third-order valence-electron chi connectivity index (χ3n) is 4.31. The van der Waals surface area contributed by atoms with Crippen LogP contribution in [0.2, 0.25) is 0 Å². The molecular weight excluding hydrogens is 430 g/mol. The molecule has 31 heavy (non-hydrogen) atoms. The molecule has 178 valence electrons. The Kier molecular flexibility index (Phi) is 12.9. The van der Waals surface area contributed by atoms with E-state index in [4.69, 9.17) is 14.2 Å². The molecule has 0 aromatic heterocycles. The first-order valence-electron chi connectivity index (χ1n) is 9.84. The Balaban J connectivity index is 5.64. The van der Waals surface area contributed by atoms with E-state index in [9.17, 15) is 22.8 Å². The summed E-state index contributed by atoms with van der Waals surface area (Å²) in [7, 11) is -4.05. The molecule has 0 rings (SSSR count). The number of unbranched alkanes of at least 4 members (excludes halogenated alkanes) is 3. The molecule has 0 aromatic rings. The van der Waals surface area contributed by atoms with Crippen molar-refractivity contribution in [3.8, 4) is 0 Å². The highest BCUT2D eigenvalue weighted by molar-refractivity contribution is 7.86. The molecular formula is C20H33NO9S. The van der Waals surface area contributed by atoms with Gasteiger partial charge in [-0.05, 0) is 20.3 Å². The van der Waals surface area contributed by atoms with Crippen LogP contribution in [0.15, 0.2) is 24.3 Å². The van der Waals surface area contributed by atoms with Crippen molar-refractivity contribution in [1.82, 2.24) is 0 Å². The maximum absolute atomic E-state index is 13.0. The summed E-state index contributed by atoms with van der Waals surface area (Å²) >= 11 is 0. The summed E-state index contributed by atoms with van der Waals surface area (Å²) in [6.07, 6.45) is 3.38. The monoisotopic (exact) mass is 463 g/mol. The van der Waals surface area contributed by atoms with Crippen LogP contribution in [-0.2, 0) is 43.0 Å². The summed E-state index contributed by atoms with van der Waals surface area (Å²) in [4.78, 5) is 36.8. The molecule has 0 aromatic carbocycles. The van der Waals surface area contributed by atoms with Crippen LogP contribution in [0.1, 0.15) is 52.9 Å². The smallest absolute Gasteiger partial charge is 0.333 e. The number of carbonyl (C=O) groups excluding carboxylic acids is 3. The highest BCUT2D eigenvalue weighted by Crippen LogP contribution is 2.29. The number of nitrogens with two attached hydrogens (primary N) is 1. The van der Waals surface area contributed by atoms with Gasteiger partial charge in [0.25, 0.3) is 10.1 Å². The molecule has 0 atom stereocenters. The molecule has 10 nitrogen and oxygen atoms in total. The molecule has 0 bridgehead atoms. The largest absolute Gasteiger partial charge is 0.464 e. The van der Waals surface area contributed by atoms with Crippen LogP contribution >= 0.6 is 0 Å². The maximum atomic E-state index is 13.0. The second kappa shape index (κ2) is 13.9. The fourth-order valence-electron chi connectivity index (χ4n) is 2.39. The van der Waals surface area contributed by atoms with E-state index < -0.39 is 59.0 Å². The van der Waals surface area contributed by atoms with E-state index in [0.29, 0.717) is 6.42 Å². The highest BCUT2D eigenvalue weighted by atomic mass is 32.2. The Labute approximate surface area is 183 Å². The summed E-state index contributed by atoms with van der Waals surface area (Å²) in [5.74, 6) is 1.67. The number of hydrogen-bond acceptors (Lipinski definition) is 10. The van der Waals surface area contributed by atoms with Crippen molar-refractivity contribution in [3.05, 3.63) is 24.3 Å². The quantitative estimate of drug-likeness (QED) is 0.118. The van der Waals surface area contributed by atoms with E-state index in [1.54, 1.807) is 0 Å². The van der Waals surface area contributed by atoms with Crippen molar-refractivity contribution < 1.29 is 41.3 Å². The molecule has 0 unspecified atom stereocenters. The Morgan fingerprint density at radius 3 is 1.84 bits per heavy atom. The van der Waals surface area contributed by atoms with E-state index >= 15 is 0 Å². The van der Waals surface area contributed by atoms with Gasteiger partial charge in [-0.2, -0.15) is 18.6 Å². The lowest BCUT2D eigenvalue weighted by Gasteiger charge is -2.30. The van der Waals surface area contributed by atoms with E-state index in [0.717, 1.165) is 19.3 Å². The topological polar surface area (TPSA) is 148 Å². The number of esters is 3. The standard InChI is InChI=1S/C20H33NO9S/c1-6-7-8-9-10-20(13-28-17(22)15(2)3,14-29-18(23)16(4)5)19(24)27-11-12-31(25,26)30-21/h2,4,6-14,21H2,1,3,5H3. The van der Waals surface area contributed by atoms with Gasteiger partial charge in [0.2, 0.25) is 0 Å². The van der Waals surface area contributed by atoms with Crippen LogP contribution in [0.4, 0.5) is 0 Å². The molecule has 0 aliphatic rings. The van der Waals surface area contributed by atoms with Gasteiger partial charge in [0.15, 0.2) is 0 Å². The lowest BCUT2D eigenvalue weighted by molar-refractivity contribution is -0.170. The number of carbonyl (C=O) groups is 3. The second-order valence-corrected chi connectivity index (χ2v) is 9.01. The zero-order chi connectivity index (χ0) is 24.1. The minimum Gasteiger partial charge on any atom is -0.464 e. The summed E-state index contributed by atoms with van der Waals surface area (Å²) in [5.41, 5.74) is -1.28. The second-order valence-electron chi connectivity index (χ2n) is 7.30. The summed E-state index contributed by atoms with van der Waals surface area (Å²) < 4.78 is 42.0. The van der Waals surface area contributed by atoms with Crippen LogP contribution in [0.5, 0.6) is 0 Å². The third-order valence-corrected chi connectivity index (χ3v) is 5.27. The van der Waals surface area contributed by atoms with Gasteiger partial charge in [-0.15, -0.1) is 0 Å². The first-order valence-corrected chi connectivity index (χ1v) is 11.4. The normalized spacial score (nSPS) is 11.5. The van der Waals surface area contributed by atoms with Gasteiger partial charge < -0.3 is 14.2 Å². The fourth-order valence-corrected chi connectivity index (χ4v) is 2.77. The molecule has 11 heteroatoms. The maximum Gasteiger partial charge on any atom is 0.333 e. The lowest BCUT2D eigenvalue weighted by Crippen LogP contribution is -2.43. The lowest BCUT2D eigenvalue weighted by atomic mass is 9.83. The molecule has 2 N–H and O–H groups in total.